The highest BCUT2D eigenvalue weighted by molar-refractivity contribution is 5.82. The van der Waals surface area contributed by atoms with E-state index in [0.717, 1.165) is 12.5 Å². The molecule has 1 aliphatic rings. The Bertz CT molecular complexity index is 750. The predicted octanol–water partition coefficient (Wildman–Crippen LogP) is 2.37. The highest BCUT2D eigenvalue weighted by atomic mass is 16.5. The maximum atomic E-state index is 5.28. The first-order chi connectivity index (χ1) is 11.8. The third-order valence-corrected chi connectivity index (χ3v) is 5.34. The van der Waals surface area contributed by atoms with E-state index in [-0.39, 0.29) is 11.0 Å². The van der Waals surface area contributed by atoms with Crippen molar-refractivity contribution in [2.75, 3.05) is 20.1 Å². The van der Waals surface area contributed by atoms with Crippen molar-refractivity contribution in [2.45, 2.75) is 39.7 Å². The Hall–Kier alpha value is -2.44. The van der Waals surface area contributed by atoms with Crippen LogP contribution in [-0.2, 0) is 6.42 Å². The lowest BCUT2D eigenvalue weighted by molar-refractivity contribution is -0.0666. The fraction of sp³-hybridized carbons (Fsp3) is 0.556. The van der Waals surface area contributed by atoms with Crippen molar-refractivity contribution >= 4 is 5.96 Å². The zero-order valence-corrected chi connectivity index (χ0v) is 15.6. The van der Waals surface area contributed by atoms with E-state index in [1.165, 1.54) is 0 Å². The van der Waals surface area contributed by atoms with Crippen molar-refractivity contribution in [3.63, 3.8) is 0 Å². The third kappa shape index (κ3) is 3.23. The van der Waals surface area contributed by atoms with Gasteiger partial charge >= 0.3 is 0 Å². The predicted molar refractivity (Wildman–Crippen MR) is 97.2 cm³/mol. The molecule has 0 atom stereocenters. The number of nitrogens with one attached hydrogen (secondary N) is 1. The average molecular weight is 342 g/mol. The Labute approximate surface area is 148 Å². The number of nitrogens with zero attached hydrogens (tertiary/aromatic N) is 5. The molecule has 3 rings (SSSR count). The molecular formula is C18H26N6O. The van der Waals surface area contributed by atoms with Crippen LogP contribution in [0.15, 0.2) is 33.9 Å². The summed E-state index contributed by atoms with van der Waals surface area (Å²) in [6.45, 7) is 10.8. The molecule has 0 amide bonds. The first kappa shape index (κ1) is 17.4. The Balaban J connectivity index is 1.55. The number of guanidine groups is 1. The summed E-state index contributed by atoms with van der Waals surface area (Å²) in [7, 11) is 1.82. The van der Waals surface area contributed by atoms with E-state index < -0.39 is 0 Å². The second-order valence-electron chi connectivity index (χ2n) is 7.48. The van der Waals surface area contributed by atoms with Crippen LogP contribution in [0.4, 0.5) is 0 Å². The number of hydrogen-bond acceptors (Lipinski definition) is 5. The van der Waals surface area contributed by atoms with Crippen molar-refractivity contribution in [2.24, 2.45) is 10.4 Å². The van der Waals surface area contributed by atoms with E-state index in [1.807, 2.05) is 25.2 Å². The second-order valence-corrected chi connectivity index (χ2v) is 7.48. The summed E-state index contributed by atoms with van der Waals surface area (Å²) in [6.07, 6.45) is 2.37. The number of hydrogen-bond donors (Lipinski definition) is 1. The molecule has 0 radical (unpaired) electrons. The lowest BCUT2D eigenvalue weighted by atomic mass is 9.65. The van der Waals surface area contributed by atoms with Gasteiger partial charge in [-0.15, -0.1) is 0 Å². The first-order valence-corrected chi connectivity index (χ1v) is 8.57. The quantitative estimate of drug-likeness (QED) is 0.679. The van der Waals surface area contributed by atoms with Gasteiger partial charge in [-0.25, -0.2) is 0 Å². The van der Waals surface area contributed by atoms with Crippen LogP contribution in [0, 0.1) is 5.41 Å². The molecule has 2 aromatic rings. The van der Waals surface area contributed by atoms with Gasteiger partial charge in [-0.3, -0.25) is 9.98 Å². The fourth-order valence-corrected chi connectivity index (χ4v) is 2.93. The molecule has 134 valence electrons. The van der Waals surface area contributed by atoms with Crippen LogP contribution < -0.4 is 5.32 Å². The smallest absolute Gasteiger partial charge is 0.276 e. The molecule has 0 aliphatic carbocycles. The molecule has 1 fully saturated rings. The van der Waals surface area contributed by atoms with Crippen LogP contribution >= 0.6 is 0 Å². The summed E-state index contributed by atoms with van der Waals surface area (Å²) in [5, 5.41) is 7.43. The number of likely N-dealkylation sites (tertiary alicyclic amines) is 1. The van der Waals surface area contributed by atoms with Gasteiger partial charge in [0.1, 0.15) is 5.69 Å². The molecule has 25 heavy (non-hydrogen) atoms. The molecule has 0 unspecified atom stereocenters. The van der Waals surface area contributed by atoms with Crippen LogP contribution in [0.25, 0.3) is 11.6 Å². The normalized spacial score (nSPS) is 18.8. The molecular weight excluding hydrogens is 316 g/mol. The summed E-state index contributed by atoms with van der Waals surface area (Å²) in [5.74, 6) is 2.02. The second kappa shape index (κ2) is 6.46. The Morgan fingerprint density at radius 3 is 2.72 bits per heavy atom. The number of pyridine rings is 1. The van der Waals surface area contributed by atoms with Crippen LogP contribution in [0.3, 0.4) is 0 Å². The summed E-state index contributed by atoms with van der Waals surface area (Å²) in [4.78, 5) is 15.3. The van der Waals surface area contributed by atoms with Gasteiger partial charge in [-0.2, -0.15) is 4.98 Å². The van der Waals surface area contributed by atoms with Gasteiger partial charge in [0.2, 0.25) is 0 Å². The summed E-state index contributed by atoms with van der Waals surface area (Å²) < 4.78 is 5.28. The zero-order chi connectivity index (χ0) is 18.1. The van der Waals surface area contributed by atoms with Gasteiger partial charge in [0.05, 0.1) is 0 Å². The maximum Gasteiger partial charge on any atom is 0.276 e. The Morgan fingerprint density at radius 2 is 2.12 bits per heavy atom. The minimum absolute atomic E-state index is 0.0765. The lowest BCUT2D eigenvalue weighted by Crippen LogP contribution is -2.72. The first-order valence-electron chi connectivity index (χ1n) is 8.57. The molecule has 1 saturated heterocycles. The van der Waals surface area contributed by atoms with Gasteiger partial charge in [-0.05, 0) is 26.0 Å². The number of aromatic nitrogens is 3. The number of rotatable bonds is 4. The Morgan fingerprint density at radius 1 is 1.32 bits per heavy atom. The van der Waals surface area contributed by atoms with Gasteiger partial charge in [0, 0.05) is 43.7 Å². The van der Waals surface area contributed by atoms with Crippen LogP contribution in [0.5, 0.6) is 0 Å². The van der Waals surface area contributed by atoms with Crippen LogP contribution in [0.1, 0.15) is 33.5 Å². The van der Waals surface area contributed by atoms with Crippen molar-refractivity contribution < 1.29 is 4.52 Å². The largest absolute Gasteiger partial charge is 0.356 e. The lowest BCUT2D eigenvalue weighted by Gasteiger charge is -2.62. The molecule has 0 bridgehead atoms. The molecule has 0 spiro atoms. The maximum absolute atomic E-state index is 5.28. The molecule has 7 nitrogen and oxygen atoms in total. The highest BCUT2D eigenvalue weighted by Crippen LogP contribution is 2.46. The van der Waals surface area contributed by atoms with E-state index >= 15 is 0 Å². The fourth-order valence-electron chi connectivity index (χ4n) is 2.93. The molecule has 0 aromatic carbocycles. The zero-order valence-electron chi connectivity index (χ0n) is 15.6. The SMILES string of the molecule is CN=C(NCCc1noc(-c2ccccn2)n1)N1CC(C)(C)C1(C)C. The third-order valence-electron chi connectivity index (χ3n) is 5.34. The summed E-state index contributed by atoms with van der Waals surface area (Å²) in [5.41, 5.74) is 1.04. The van der Waals surface area contributed by atoms with Crippen LogP contribution in [-0.4, -0.2) is 51.7 Å². The van der Waals surface area contributed by atoms with Crippen LogP contribution in [0.2, 0.25) is 0 Å². The van der Waals surface area contributed by atoms with Gasteiger partial charge in [-0.1, -0.05) is 25.1 Å². The van der Waals surface area contributed by atoms with E-state index in [4.69, 9.17) is 4.52 Å². The van der Waals surface area contributed by atoms with Crippen molar-refractivity contribution in [1.82, 2.24) is 25.3 Å². The molecule has 3 heterocycles. The Kier molecular flexibility index (Phi) is 4.49. The van der Waals surface area contributed by atoms with Crippen molar-refractivity contribution in [3.8, 4) is 11.6 Å². The van der Waals surface area contributed by atoms with E-state index in [1.54, 1.807) is 6.20 Å². The van der Waals surface area contributed by atoms with Crippen molar-refractivity contribution in [3.05, 3.63) is 30.2 Å². The average Bonchev–Trinajstić information content (AvgIpc) is 3.07. The van der Waals surface area contributed by atoms with Crippen molar-refractivity contribution in [1.29, 1.82) is 0 Å². The van der Waals surface area contributed by atoms with Gasteiger partial charge in [0.25, 0.3) is 5.89 Å². The summed E-state index contributed by atoms with van der Waals surface area (Å²) >= 11 is 0. The van der Waals surface area contributed by atoms with E-state index in [0.29, 0.717) is 30.4 Å². The number of aliphatic imine (C=N–C) groups is 1. The molecule has 7 heteroatoms. The monoisotopic (exact) mass is 342 g/mol. The molecule has 2 aromatic heterocycles. The minimum Gasteiger partial charge on any atom is -0.356 e. The highest BCUT2D eigenvalue weighted by Gasteiger charge is 2.53. The minimum atomic E-state index is 0.0765. The summed E-state index contributed by atoms with van der Waals surface area (Å²) in [6, 6.07) is 5.61. The standard InChI is InChI=1S/C18H26N6O/c1-17(2)12-24(18(17,3)4)16(19-5)21-11-9-14-22-15(25-23-14)13-8-6-7-10-20-13/h6-8,10H,9,11-12H2,1-5H3,(H,19,21). The molecule has 1 aliphatic heterocycles. The van der Waals surface area contributed by atoms with Gasteiger partial charge in [0.15, 0.2) is 11.8 Å². The van der Waals surface area contributed by atoms with Gasteiger partial charge < -0.3 is 14.7 Å². The van der Waals surface area contributed by atoms with E-state index in [9.17, 15) is 0 Å². The molecule has 1 N–H and O–H groups in total. The van der Waals surface area contributed by atoms with E-state index in [2.05, 4.69) is 58.0 Å². The molecule has 0 saturated carbocycles. The topological polar surface area (TPSA) is 79.4 Å².